The fourth-order valence-corrected chi connectivity index (χ4v) is 8.58. The summed E-state index contributed by atoms with van der Waals surface area (Å²) in [4.78, 5) is 0. The quantitative estimate of drug-likeness (QED) is 0.129. The second-order valence-corrected chi connectivity index (χ2v) is 12.9. The second kappa shape index (κ2) is 14.8. The van der Waals surface area contributed by atoms with Crippen molar-refractivity contribution in [3.63, 3.8) is 0 Å². The van der Waals surface area contributed by atoms with Gasteiger partial charge in [0.2, 0.25) is 0 Å². The summed E-state index contributed by atoms with van der Waals surface area (Å²) in [5.41, 5.74) is 6.30. The molecule has 4 heteroatoms. The molecule has 4 aromatic rings. The Hall–Kier alpha value is -3.18. The van der Waals surface area contributed by atoms with E-state index in [0.717, 1.165) is 44.4 Å². The molecule has 200 valence electrons. The molecule has 0 saturated carbocycles. The van der Waals surface area contributed by atoms with E-state index in [1.54, 1.807) is 14.2 Å². The first-order valence-electron chi connectivity index (χ1n) is 13.4. The Morgan fingerprint density at radius 2 is 1.41 bits per heavy atom. The van der Waals surface area contributed by atoms with E-state index in [2.05, 4.69) is 105 Å². The molecule has 0 heterocycles. The monoisotopic (exact) mass is 552 g/mol. The predicted molar refractivity (Wildman–Crippen MR) is 174 cm³/mol. The highest BCUT2D eigenvalue weighted by molar-refractivity contribution is 7.66. The summed E-state index contributed by atoms with van der Waals surface area (Å²) in [6.07, 6.45) is 9.60. The van der Waals surface area contributed by atoms with Crippen LogP contribution in [-0.2, 0) is 6.16 Å². The van der Waals surface area contributed by atoms with E-state index in [9.17, 15) is 0 Å². The molecule has 0 aliphatic heterocycles. The van der Waals surface area contributed by atoms with Crippen molar-refractivity contribution in [3.8, 4) is 22.6 Å². The lowest BCUT2D eigenvalue weighted by Gasteiger charge is -2.20. The molecule has 0 N–H and O–H groups in total. The van der Waals surface area contributed by atoms with Gasteiger partial charge in [0.1, 0.15) is 11.5 Å². The zero-order valence-electron chi connectivity index (χ0n) is 23.4. The first kappa shape index (κ1) is 28.8. The third-order valence-corrected chi connectivity index (χ3v) is 10.3. The van der Waals surface area contributed by atoms with Crippen LogP contribution in [0, 0.1) is 0 Å². The van der Waals surface area contributed by atoms with E-state index in [-0.39, 0.29) is 7.92 Å². The van der Waals surface area contributed by atoms with E-state index in [0.29, 0.717) is 0 Å². The van der Waals surface area contributed by atoms with Crippen LogP contribution >= 0.6 is 16.5 Å². The Labute approximate surface area is 237 Å². The molecule has 0 bridgehead atoms. The number of hydrogen-bond donors (Lipinski definition) is 0. The molecule has 0 aromatic heterocycles. The Balaban J connectivity index is 1.52. The van der Waals surface area contributed by atoms with Crippen LogP contribution in [0.1, 0.15) is 24.5 Å². The molecule has 2 atom stereocenters. The van der Waals surface area contributed by atoms with Gasteiger partial charge in [0, 0.05) is 11.1 Å². The molecule has 4 aromatic carbocycles. The second-order valence-electron chi connectivity index (χ2n) is 9.33. The Kier molecular flexibility index (Phi) is 11.0. The van der Waals surface area contributed by atoms with Gasteiger partial charge in [-0.2, -0.15) is 0 Å². The van der Waals surface area contributed by atoms with Crippen molar-refractivity contribution in [2.24, 2.45) is 0 Å². The zero-order chi connectivity index (χ0) is 27.5. The van der Waals surface area contributed by atoms with E-state index < -0.39 is 0 Å². The van der Waals surface area contributed by atoms with Crippen molar-refractivity contribution >= 4 is 32.7 Å². The van der Waals surface area contributed by atoms with Crippen molar-refractivity contribution < 1.29 is 9.47 Å². The van der Waals surface area contributed by atoms with Crippen LogP contribution in [0.4, 0.5) is 0 Å². The predicted octanol–water partition coefficient (Wildman–Crippen LogP) is 8.66. The molecule has 0 spiro atoms. The van der Waals surface area contributed by atoms with E-state index in [4.69, 9.17) is 9.47 Å². The molecule has 0 amide bonds. The summed E-state index contributed by atoms with van der Waals surface area (Å²) in [6.45, 7) is 4.48. The molecule has 0 aliphatic carbocycles. The maximum Gasteiger partial charge on any atom is 0.126 e. The largest absolute Gasteiger partial charge is 0.496 e. The fourth-order valence-electron chi connectivity index (χ4n) is 4.85. The topological polar surface area (TPSA) is 18.5 Å². The molecular weight excluding hydrogens is 514 g/mol. The van der Waals surface area contributed by atoms with E-state index in [1.807, 2.05) is 24.3 Å². The van der Waals surface area contributed by atoms with Gasteiger partial charge in [0.15, 0.2) is 0 Å². The highest BCUT2D eigenvalue weighted by Crippen LogP contribution is 2.40. The standard InChI is InChI=1S/C35H38O2P2/c1-5-6-15-27(30-18-9-11-20-32(30)36-2)24-25-38-34-22-13-14-23-35(34)39(4)26-28-16-7-8-17-29(28)31-19-10-12-21-33(31)37-3/h5-23,38H,24-26H2,1-4H3/b6-5-,27-15+. The van der Waals surface area contributed by atoms with Crippen molar-refractivity contribution in [1.82, 2.24) is 0 Å². The first-order chi connectivity index (χ1) is 19.2. The van der Waals surface area contributed by atoms with Crippen molar-refractivity contribution in [3.05, 3.63) is 126 Å². The Morgan fingerprint density at radius 1 is 0.769 bits per heavy atom. The molecule has 39 heavy (non-hydrogen) atoms. The van der Waals surface area contributed by atoms with Crippen molar-refractivity contribution in [2.75, 3.05) is 27.0 Å². The van der Waals surface area contributed by atoms with Gasteiger partial charge < -0.3 is 9.47 Å². The fraction of sp³-hybridized carbons (Fsp3) is 0.200. The summed E-state index contributed by atoms with van der Waals surface area (Å²) >= 11 is 0. The molecule has 2 unspecified atom stereocenters. The summed E-state index contributed by atoms with van der Waals surface area (Å²) in [7, 11) is 3.89. The molecule has 4 rings (SSSR count). The number of ether oxygens (including phenoxy) is 2. The average Bonchev–Trinajstić information content (AvgIpc) is 2.99. The van der Waals surface area contributed by atoms with E-state index >= 15 is 0 Å². The van der Waals surface area contributed by atoms with Crippen LogP contribution in [0.3, 0.4) is 0 Å². The summed E-state index contributed by atoms with van der Waals surface area (Å²) in [5, 5.41) is 3.00. The molecule has 0 saturated heterocycles. The highest BCUT2D eigenvalue weighted by atomic mass is 31.1. The highest BCUT2D eigenvalue weighted by Gasteiger charge is 2.16. The number of hydrogen-bond acceptors (Lipinski definition) is 2. The Morgan fingerprint density at radius 3 is 2.18 bits per heavy atom. The summed E-state index contributed by atoms with van der Waals surface area (Å²) < 4.78 is 11.4. The van der Waals surface area contributed by atoms with E-state index in [1.165, 1.54) is 32.9 Å². The lowest BCUT2D eigenvalue weighted by molar-refractivity contribution is 0.413. The first-order valence-corrected chi connectivity index (χ1v) is 16.5. The lowest BCUT2D eigenvalue weighted by Crippen LogP contribution is -2.19. The van der Waals surface area contributed by atoms with Crippen LogP contribution < -0.4 is 20.1 Å². The maximum atomic E-state index is 5.69. The van der Waals surface area contributed by atoms with Crippen molar-refractivity contribution in [1.29, 1.82) is 0 Å². The van der Waals surface area contributed by atoms with Gasteiger partial charge in [0.05, 0.1) is 14.2 Å². The van der Waals surface area contributed by atoms with Crippen LogP contribution in [0.5, 0.6) is 11.5 Å². The molecule has 0 radical (unpaired) electrons. The Bertz CT molecular complexity index is 1420. The van der Waals surface area contributed by atoms with Crippen molar-refractivity contribution in [2.45, 2.75) is 19.5 Å². The lowest BCUT2D eigenvalue weighted by atomic mass is 10.00. The zero-order valence-corrected chi connectivity index (χ0v) is 25.2. The van der Waals surface area contributed by atoms with Gasteiger partial charge in [-0.05, 0) is 71.8 Å². The van der Waals surface area contributed by atoms with Crippen LogP contribution in [0.25, 0.3) is 16.7 Å². The van der Waals surface area contributed by atoms with Crippen LogP contribution in [0.15, 0.2) is 115 Å². The van der Waals surface area contributed by atoms with Gasteiger partial charge in [-0.15, -0.1) is 0 Å². The number of benzene rings is 4. The summed E-state index contributed by atoms with van der Waals surface area (Å²) in [5.74, 6) is 1.85. The number of allylic oxidation sites excluding steroid dienone is 4. The van der Waals surface area contributed by atoms with Crippen LogP contribution in [-0.4, -0.2) is 27.0 Å². The minimum Gasteiger partial charge on any atom is -0.496 e. The third-order valence-electron chi connectivity index (χ3n) is 6.79. The van der Waals surface area contributed by atoms with Gasteiger partial charge >= 0.3 is 0 Å². The van der Waals surface area contributed by atoms with Gasteiger partial charge in [-0.3, -0.25) is 0 Å². The smallest absolute Gasteiger partial charge is 0.126 e. The normalized spacial score (nSPS) is 12.8. The molecule has 2 nitrogen and oxygen atoms in total. The number of para-hydroxylation sites is 2. The molecule has 0 fully saturated rings. The molecular formula is C35H38O2P2. The maximum absolute atomic E-state index is 5.69. The number of methoxy groups -OCH3 is 2. The number of rotatable bonds is 12. The van der Waals surface area contributed by atoms with Gasteiger partial charge in [-0.1, -0.05) is 120 Å². The van der Waals surface area contributed by atoms with Crippen LogP contribution in [0.2, 0.25) is 0 Å². The minimum atomic E-state index is -0.366. The third kappa shape index (κ3) is 7.48. The summed E-state index contributed by atoms with van der Waals surface area (Å²) in [6, 6.07) is 34.5. The average molecular weight is 553 g/mol. The van der Waals surface area contributed by atoms with Gasteiger partial charge in [0.25, 0.3) is 0 Å². The SMILES string of the molecule is C/C=C\C=C(/CCPc1ccccc1P(C)Cc1ccccc1-c1ccccc1OC)c1ccccc1OC. The minimum absolute atomic E-state index is 0.366. The van der Waals surface area contributed by atoms with Gasteiger partial charge in [-0.25, -0.2) is 0 Å². The molecule has 0 aliphatic rings.